The van der Waals surface area contributed by atoms with E-state index in [1.165, 1.54) is 50.0 Å². The van der Waals surface area contributed by atoms with Crippen LogP contribution in [0, 0.1) is 0 Å². The predicted octanol–water partition coefficient (Wildman–Crippen LogP) is 5.02. The molecule has 0 spiro atoms. The van der Waals surface area contributed by atoms with Crippen LogP contribution in [0.25, 0.3) is 0 Å². The number of hydrogen-bond donors (Lipinski definition) is 0. The minimum atomic E-state index is 0.486. The monoisotopic (exact) mass is 403 g/mol. The standard InChI is InChI=1S/C23H39N3O.C2H6/c1-4-5-18-27-23-10-12-24(13-11-23)19-21-6-8-22(9-7-21)26-16-14-25(15-17-26)20(2)3;1-2/h6-9,20,23H,4-5,10-19H2,1-3H3;1-2H3. The van der Waals surface area contributed by atoms with Gasteiger partial charge in [-0.25, -0.2) is 0 Å². The highest BCUT2D eigenvalue weighted by Crippen LogP contribution is 2.21. The first-order chi connectivity index (χ1) is 14.2. The van der Waals surface area contributed by atoms with E-state index in [1.807, 2.05) is 13.8 Å². The van der Waals surface area contributed by atoms with Gasteiger partial charge in [0, 0.05) is 64.1 Å². The van der Waals surface area contributed by atoms with Crippen LogP contribution < -0.4 is 4.90 Å². The molecule has 0 unspecified atom stereocenters. The van der Waals surface area contributed by atoms with E-state index in [-0.39, 0.29) is 0 Å². The van der Waals surface area contributed by atoms with Gasteiger partial charge in [0.1, 0.15) is 0 Å². The lowest BCUT2D eigenvalue weighted by Crippen LogP contribution is -2.48. The SMILES string of the molecule is CC.CCCCOC1CCN(Cc2ccc(N3CCN(C(C)C)CC3)cc2)CC1. The normalized spacial score (nSPS) is 19.3. The Labute approximate surface area is 180 Å². The molecule has 2 saturated heterocycles. The van der Waals surface area contributed by atoms with Gasteiger partial charge in [-0.05, 0) is 50.8 Å². The molecule has 2 heterocycles. The Morgan fingerprint density at radius 3 is 2.10 bits per heavy atom. The highest BCUT2D eigenvalue weighted by molar-refractivity contribution is 5.48. The summed E-state index contributed by atoms with van der Waals surface area (Å²) in [6.45, 7) is 19.8. The maximum atomic E-state index is 5.99. The van der Waals surface area contributed by atoms with Crippen molar-refractivity contribution in [1.29, 1.82) is 0 Å². The third kappa shape index (κ3) is 7.92. The second-order valence-electron chi connectivity index (χ2n) is 8.48. The number of unbranched alkanes of at least 4 members (excludes halogenated alkanes) is 1. The number of piperazine rings is 1. The molecule has 4 nitrogen and oxygen atoms in total. The van der Waals surface area contributed by atoms with Crippen LogP contribution in [0.1, 0.15) is 65.9 Å². The Balaban J connectivity index is 0.00000145. The Morgan fingerprint density at radius 2 is 1.55 bits per heavy atom. The third-order valence-electron chi connectivity index (χ3n) is 6.14. The lowest BCUT2D eigenvalue weighted by Gasteiger charge is -2.38. The molecule has 4 heteroatoms. The summed E-state index contributed by atoms with van der Waals surface area (Å²) < 4.78 is 5.99. The quantitative estimate of drug-likeness (QED) is 0.567. The van der Waals surface area contributed by atoms with Gasteiger partial charge in [0.2, 0.25) is 0 Å². The van der Waals surface area contributed by atoms with Crippen molar-refractivity contribution < 1.29 is 4.74 Å². The van der Waals surface area contributed by atoms with Crippen LogP contribution >= 0.6 is 0 Å². The molecule has 2 aliphatic rings. The van der Waals surface area contributed by atoms with Gasteiger partial charge in [-0.3, -0.25) is 9.80 Å². The second-order valence-corrected chi connectivity index (χ2v) is 8.48. The fourth-order valence-corrected chi connectivity index (χ4v) is 4.20. The maximum Gasteiger partial charge on any atom is 0.0599 e. The van der Waals surface area contributed by atoms with Crippen LogP contribution in [0.5, 0.6) is 0 Å². The molecule has 2 aliphatic heterocycles. The second kappa shape index (κ2) is 13.3. The maximum absolute atomic E-state index is 5.99. The van der Waals surface area contributed by atoms with Crippen molar-refractivity contribution in [2.45, 2.75) is 79.0 Å². The fraction of sp³-hybridized carbons (Fsp3) is 0.760. The zero-order valence-corrected chi connectivity index (χ0v) is 19.7. The van der Waals surface area contributed by atoms with Crippen molar-refractivity contribution in [2.24, 2.45) is 0 Å². The first-order valence-electron chi connectivity index (χ1n) is 12.1. The average molecular weight is 404 g/mol. The lowest BCUT2D eigenvalue weighted by atomic mass is 10.1. The van der Waals surface area contributed by atoms with Crippen LogP contribution in [0.3, 0.4) is 0 Å². The summed E-state index contributed by atoms with van der Waals surface area (Å²) in [5, 5.41) is 0. The minimum Gasteiger partial charge on any atom is -0.378 e. The smallest absolute Gasteiger partial charge is 0.0599 e. The van der Waals surface area contributed by atoms with Gasteiger partial charge in [-0.1, -0.05) is 39.3 Å². The van der Waals surface area contributed by atoms with Gasteiger partial charge in [-0.15, -0.1) is 0 Å². The number of piperidine rings is 1. The summed E-state index contributed by atoms with van der Waals surface area (Å²) in [4.78, 5) is 7.68. The van der Waals surface area contributed by atoms with Crippen molar-refractivity contribution in [2.75, 3.05) is 50.8 Å². The van der Waals surface area contributed by atoms with E-state index < -0.39 is 0 Å². The lowest BCUT2D eigenvalue weighted by molar-refractivity contribution is 0.00476. The molecule has 166 valence electrons. The molecule has 0 bridgehead atoms. The minimum absolute atomic E-state index is 0.486. The summed E-state index contributed by atoms with van der Waals surface area (Å²) in [5.74, 6) is 0. The number of benzene rings is 1. The summed E-state index contributed by atoms with van der Waals surface area (Å²) in [5.41, 5.74) is 2.81. The van der Waals surface area contributed by atoms with Crippen LogP contribution in [0.15, 0.2) is 24.3 Å². The Hall–Kier alpha value is -1.10. The van der Waals surface area contributed by atoms with Gasteiger partial charge < -0.3 is 9.64 Å². The Bertz CT molecular complexity index is 530. The van der Waals surface area contributed by atoms with E-state index in [4.69, 9.17) is 4.74 Å². The predicted molar refractivity (Wildman–Crippen MR) is 126 cm³/mol. The summed E-state index contributed by atoms with van der Waals surface area (Å²) in [6.07, 6.45) is 5.27. The van der Waals surface area contributed by atoms with Crippen molar-refractivity contribution in [3.8, 4) is 0 Å². The average Bonchev–Trinajstić information content (AvgIpc) is 2.77. The summed E-state index contributed by atoms with van der Waals surface area (Å²) >= 11 is 0. The molecule has 0 atom stereocenters. The number of rotatable bonds is 8. The molecule has 29 heavy (non-hydrogen) atoms. The molecule has 1 aromatic rings. The molecule has 0 aromatic heterocycles. The van der Waals surface area contributed by atoms with Gasteiger partial charge in [0.15, 0.2) is 0 Å². The van der Waals surface area contributed by atoms with Crippen LogP contribution in [-0.4, -0.2) is 67.8 Å². The highest BCUT2D eigenvalue weighted by atomic mass is 16.5. The largest absolute Gasteiger partial charge is 0.378 e. The number of hydrogen-bond acceptors (Lipinski definition) is 4. The molecule has 0 N–H and O–H groups in total. The highest BCUT2D eigenvalue weighted by Gasteiger charge is 2.21. The number of likely N-dealkylation sites (tertiary alicyclic amines) is 1. The molecule has 0 amide bonds. The van der Waals surface area contributed by atoms with E-state index in [1.54, 1.807) is 0 Å². The van der Waals surface area contributed by atoms with Crippen molar-refractivity contribution in [3.05, 3.63) is 29.8 Å². The van der Waals surface area contributed by atoms with E-state index in [0.29, 0.717) is 12.1 Å². The van der Waals surface area contributed by atoms with Crippen molar-refractivity contribution in [3.63, 3.8) is 0 Å². The Kier molecular flexibility index (Phi) is 11.0. The molecule has 0 aliphatic carbocycles. The van der Waals surface area contributed by atoms with Crippen LogP contribution in [-0.2, 0) is 11.3 Å². The van der Waals surface area contributed by atoms with Gasteiger partial charge in [-0.2, -0.15) is 0 Å². The van der Waals surface area contributed by atoms with Crippen LogP contribution in [0.4, 0.5) is 5.69 Å². The first-order valence-corrected chi connectivity index (χ1v) is 12.1. The first kappa shape index (κ1) is 24.2. The Morgan fingerprint density at radius 1 is 0.931 bits per heavy atom. The molecule has 0 radical (unpaired) electrons. The van der Waals surface area contributed by atoms with Crippen molar-refractivity contribution in [1.82, 2.24) is 9.80 Å². The number of ether oxygens (including phenoxy) is 1. The molecule has 1 aromatic carbocycles. The fourth-order valence-electron chi connectivity index (χ4n) is 4.20. The van der Waals surface area contributed by atoms with Gasteiger partial charge in [0.05, 0.1) is 6.10 Å². The van der Waals surface area contributed by atoms with E-state index in [2.05, 4.69) is 59.7 Å². The molecular weight excluding hydrogens is 358 g/mol. The van der Waals surface area contributed by atoms with Gasteiger partial charge >= 0.3 is 0 Å². The van der Waals surface area contributed by atoms with E-state index in [9.17, 15) is 0 Å². The third-order valence-corrected chi connectivity index (χ3v) is 6.14. The van der Waals surface area contributed by atoms with Crippen LogP contribution in [0.2, 0.25) is 0 Å². The number of anilines is 1. The van der Waals surface area contributed by atoms with Crippen molar-refractivity contribution >= 4 is 5.69 Å². The molecule has 0 saturated carbocycles. The summed E-state index contributed by atoms with van der Waals surface area (Å²) in [6, 6.07) is 9.96. The summed E-state index contributed by atoms with van der Waals surface area (Å²) in [7, 11) is 0. The zero-order chi connectivity index (χ0) is 21.1. The number of nitrogens with zero attached hydrogens (tertiary/aromatic N) is 3. The van der Waals surface area contributed by atoms with E-state index >= 15 is 0 Å². The van der Waals surface area contributed by atoms with E-state index in [0.717, 1.165) is 39.3 Å². The molecule has 2 fully saturated rings. The topological polar surface area (TPSA) is 19.0 Å². The van der Waals surface area contributed by atoms with Gasteiger partial charge in [0.25, 0.3) is 0 Å². The molecular formula is C25H45N3O. The molecule has 3 rings (SSSR count). The zero-order valence-electron chi connectivity index (χ0n) is 19.7.